The molecule has 2 aromatic rings. The van der Waals surface area contributed by atoms with E-state index in [0.29, 0.717) is 0 Å². The van der Waals surface area contributed by atoms with E-state index in [2.05, 4.69) is 51.8 Å². The van der Waals surface area contributed by atoms with Gasteiger partial charge in [-0.25, -0.2) is 9.97 Å². The number of aromatic nitrogens is 2. The number of nitrogens with zero attached hydrogens (tertiary/aromatic N) is 2. The summed E-state index contributed by atoms with van der Waals surface area (Å²) in [5.74, 6) is 0.729. The quantitative estimate of drug-likeness (QED) is 0.735. The van der Waals surface area contributed by atoms with Gasteiger partial charge in [-0.05, 0) is 50.4 Å². The highest BCUT2D eigenvalue weighted by atomic mass is 15.1. The molecule has 0 aliphatic carbocycles. The molecule has 0 amide bonds. The van der Waals surface area contributed by atoms with Gasteiger partial charge in [0.15, 0.2) is 0 Å². The summed E-state index contributed by atoms with van der Waals surface area (Å²) in [4.78, 5) is 8.75. The maximum atomic E-state index is 4.37. The van der Waals surface area contributed by atoms with Gasteiger partial charge < -0.3 is 10.6 Å². The fourth-order valence-corrected chi connectivity index (χ4v) is 2.34. The summed E-state index contributed by atoms with van der Waals surface area (Å²) in [7, 11) is 0. The first kappa shape index (κ1) is 16.4. The first-order valence-corrected chi connectivity index (χ1v) is 8.02. The Balaban J connectivity index is 1.62. The molecule has 0 saturated carbocycles. The molecule has 0 radical (unpaired) electrons. The Bertz CT molecular complexity index is 558. The fourth-order valence-electron chi connectivity index (χ4n) is 2.34. The number of hydrogen-bond donors (Lipinski definition) is 2. The molecule has 2 rings (SSSR count). The molecule has 4 heteroatoms. The third-order valence-electron chi connectivity index (χ3n) is 3.56. The van der Waals surface area contributed by atoms with Gasteiger partial charge in [0, 0.05) is 24.5 Å². The van der Waals surface area contributed by atoms with Crippen LogP contribution in [-0.4, -0.2) is 23.1 Å². The molecule has 0 bridgehead atoms. The van der Waals surface area contributed by atoms with Gasteiger partial charge in [-0.3, -0.25) is 0 Å². The molecule has 22 heavy (non-hydrogen) atoms. The predicted octanol–water partition coefficient (Wildman–Crippen LogP) is 3.25. The monoisotopic (exact) mass is 298 g/mol. The van der Waals surface area contributed by atoms with Gasteiger partial charge in [-0.15, -0.1) is 0 Å². The van der Waals surface area contributed by atoms with E-state index in [1.807, 2.05) is 19.9 Å². The van der Waals surface area contributed by atoms with Crippen molar-refractivity contribution in [3.63, 3.8) is 0 Å². The Labute approximate surface area is 133 Å². The van der Waals surface area contributed by atoms with Crippen LogP contribution in [0.1, 0.15) is 35.9 Å². The Morgan fingerprint density at radius 1 is 0.909 bits per heavy atom. The summed E-state index contributed by atoms with van der Waals surface area (Å²) >= 11 is 0. The maximum absolute atomic E-state index is 4.37. The Hall–Kier alpha value is -1.94. The minimum atomic E-state index is 0.729. The van der Waals surface area contributed by atoms with E-state index in [-0.39, 0.29) is 0 Å². The lowest BCUT2D eigenvalue weighted by Crippen LogP contribution is -2.18. The van der Waals surface area contributed by atoms with Crippen LogP contribution in [0, 0.1) is 13.8 Å². The molecular weight excluding hydrogens is 272 g/mol. The van der Waals surface area contributed by atoms with Crippen molar-refractivity contribution in [1.82, 2.24) is 15.3 Å². The molecule has 1 heterocycles. The van der Waals surface area contributed by atoms with E-state index in [9.17, 15) is 0 Å². The molecule has 0 unspecified atom stereocenters. The topological polar surface area (TPSA) is 49.8 Å². The smallest absolute Gasteiger partial charge is 0.223 e. The van der Waals surface area contributed by atoms with E-state index in [1.54, 1.807) is 0 Å². The highest BCUT2D eigenvalue weighted by Gasteiger charge is 1.98. The molecule has 118 valence electrons. The molecule has 4 nitrogen and oxygen atoms in total. The van der Waals surface area contributed by atoms with E-state index < -0.39 is 0 Å². The summed E-state index contributed by atoms with van der Waals surface area (Å²) in [6, 6.07) is 10.8. The minimum Gasteiger partial charge on any atom is -0.354 e. The first-order valence-electron chi connectivity index (χ1n) is 8.02. The van der Waals surface area contributed by atoms with Gasteiger partial charge in [-0.1, -0.05) is 31.2 Å². The van der Waals surface area contributed by atoms with Crippen LogP contribution in [0.5, 0.6) is 0 Å². The zero-order chi connectivity index (χ0) is 15.8. The zero-order valence-electron chi connectivity index (χ0n) is 13.8. The zero-order valence-corrected chi connectivity index (χ0v) is 13.8. The largest absolute Gasteiger partial charge is 0.354 e. The second-order valence-electron chi connectivity index (χ2n) is 5.60. The number of benzene rings is 1. The van der Waals surface area contributed by atoms with Crippen LogP contribution in [0.4, 0.5) is 5.95 Å². The van der Waals surface area contributed by atoms with Crippen LogP contribution >= 0.6 is 0 Å². The van der Waals surface area contributed by atoms with E-state index in [0.717, 1.165) is 49.8 Å². The SMILES string of the molecule is CCc1ccc(CNCCCNc2nc(C)cc(C)n2)cc1. The summed E-state index contributed by atoms with van der Waals surface area (Å²) in [5, 5.41) is 6.75. The molecule has 0 saturated heterocycles. The van der Waals surface area contributed by atoms with Crippen LogP contribution in [-0.2, 0) is 13.0 Å². The molecule has 0 atom stereocenters. The summed E-state index contributed by atoms with van der Waals surface area (Å²) in [6.45, 7) is 8.94. The normalized spacial score (nSPS) is 10.7. The van der Waals surface area contributed by atoms with Gasteiger partial charge in [0.2, 0.25) is 5.95 Å². The molecule has 2 N–H and O–H groups in total. The van der Waals surface area contributed by atoms with Crippen molar-refractivity contribution in [2.75, 3.05) is 18.4 Å². The second kappa shape index (κ2) is 8.49. The summed E-state index contributed by atoms with van der Waals surface area (Å²) in [5.41, 5.74) is 4.73. The van der Waals surface area contributed by atoms with Gasteiger partial charge in [0.1, 0.15) is 0 Å². The maximum Gasteiger partial charge on any atom is 0.223 e. The average Bonchev–Trinajstić information content (AvgIpc) is 2.50. The number of hydrogen-bond acceptors (Lipinski definition) is 4. The highest BCUT2D eigenvalue weighted by molar-refractivity contribution is 5.27. The van der Waals surface area contributed by atoms with Gasteiger partial charge in [0.25, 0.3) is 0 Å². The Morgan fingerprint density at radius 3 is 2.18 bits per heavy atom. The van der Waals surface area contributed by atoms with Crippen molar-refractivity contribution in [3.8, 4) is 0 Å². The van der Waals surface area contributed by atoms with Crippen LogP contribution in [0.2, 0.25) is 0 Å². The molecule has 1 aromatic carbocycles. The molecular formula is C18H26N4. The van der Waals surface area contributed by atoms with Crippen LogP contribution in [0.3, 0.4) is 0 Å². The lowest BCUT2D eigenvalue weighted by Gasteiger charge is -2.08. The van der Waals surface area contributed by atoms with E-state index in [1.165, 1.54) is 11.1 Å². The lowest BCUT2D eigenvalue weighted by atomic mass is 10.1. The van der Waals surface area contributed by atoms with Crippen molar-refractivity contribution in [2.45, 2.75) is 40.2 Å². The van der Waals surface area contributed by atoms with Crippen LogP contribution < -0.4 is 10.6 Å². The average molecular weight is 298 g/mol. The Kier molecular flexibility index (Phi) is 6.34. The van der Waals surface area contributed by atoms with E-state index in [4.69, 9.17) is 0 Å². The standard InChI is InChI=1S/C18H26N4/c1-4-16-6-8-17(9-7-16)13-19-10-5-11-20-18-21-14(2)12-15(3)22-18/h6-9,12,19H,4-5,10-11,13H2,1-3H3,(H,20,21,22). The first-order chi connectivity index (χ1) is 10.7. The predicted molar refractivity (Wildman–Crippen MR) is 92.1 cm³/mol. The molecule has 1 aromatic heterocycles. The molecule has 0 aliphatic rings. The highest BCUT2D eigenvalue weighted by Crippen LogP contribution is 2.05. The third kappa shape index (κ3) is 5.45. The van der Waals surface area contributed by atoms with E-state index >= 15 is 0 Å². The molecule has 0 fully saturated rings. The van der Waals surface area contributed by atoms with Crippen LogP contribution in [0.15, 0.2) is 30.3 Å². The lowest BCUT2D eigenvalue weighted by molar-refractivity contribution is 0.662. The van der Waals surface area contributed by atoms with Crippen LogP contribution in [0.25, 0.3) is 0 Å². The number of rotatable bonds is 8. The number of anilines is 1. The van der Waals surface area contributed by atoms with Crippen molar-refractivity contribution < 1.29 is 0 Å². The molecule has 0 spiro atoms. The summed E-state index contributed by atoms with van der Waals surface area (Å²) < 4.78 is 0. The van der Waals surface area contributed by atoms with Crippen molar-refractivity contribution in [2.24, 2.45) is 0 Å². The number of nitrogens with one attached hydrogen (secondary N) is 2. The van der Waals surface area contributed by atoms with Gasteiger partial charge >= 0.3 is 0 Å². The third-order valence-corrected chi connectivity index (χ3v) is 3.56. The molecule has 0 aliphatic heterocycles. The van der Waals surface area contributed by atoms with Crippen molar-refractivity contribution >= 4 is 5.95 Å². The summed E-state index contributed by atoms with van der Waals surface area (Å²) in [6.07, 6.45) is 2.14. The Morgan fingerprint density at radius 2 is 1.55 bits per heavy atom. The minimum absolute atomic E-state index is 0.729. The van der Waals surface area contributed by atoms with Crippen molar-refractivity contribution in [3.05, 3.63) is 52.8 Å². The van der Waals surface area contributed by atoms with Gasteiger partial charge in [0.05, 0.1) is 0 Å². The number of aryl methyl sites for hydroxylation is 3. The van der Waals surface area contributed by atoms with Crippen molar-refractivity contribution in [1.29, 1.82) is 0 Å². The second-order valence-corrected chi connectivity index (χ2v) is 5.60. The fraction of sp³-hybridized carbons (Fsp3) is 0.444. The van der Waals surface area contributed by atoms with Gasteiger partial charge in [-0.2, -0.15) is 0 Å².